The SMILES string of the molecule is CCN(CC)c1nc(N)c(C(=O)N[C@H](CO)C(C)C)s1. The first kappa shape index (κ1) is 16.7. The summed E-state index contributed by atoms with van der Waals surface area (Å²) >= 11 is 1.29. The van der Waals surface area contributed by atoms with Gasteiger partial charge in [-0.2, -0.15) is 0 Å². The maximum absolute atomic E-state index is 12.2. The van der Waals surface area contributed by atoms with Crippen LogP contribution in [-0.2, 0) is 0 Å². The fraction of sp³-hybridized carbons (Fsp3) is 0.692. The van der Waals surface area contributed by atoms with Crippen LogP contribution in [0.1, 0.15) is 37.4 Å². The highest BCUT2D eigenvalue weighted by Gasteiger charge is 2.22. The van der Waals surface area contributed by atoms with Crippen molar-refractivity contribution in [1.82, 2.24) is 10.3 Å². The molecule has 0 radical (unpaired) electrons. The van der Waals surface area contributed by atoms with Gasteiger partial charge >= 0.3 is 0 Å². The molecule has 7 heteroatoms. The summed E-state index contributed by atoms with van der Waals surface area (Å²) in [7, 11) is 0. The molecule has 0 bridgehead atoms. The molecule has 1 atom stereocenters. The highest BCUT2D eigenvalue weighted by molar-refractivity contribution is 7.18. The molecule has 1 heterocycles. The van der Waals surface area contributed by atoms with Crippen LogP contribution in [0, 0.1) is 5.92 Å². The van der Waals surface area contributed by atoms with Crippen LogP contribution in [-0.4, -0.2) is 41.7 Å². The Morgan fingerprint density at radius 2 is 2.05 bits per heavy atom. The van der Waals surface area contributed by atoms with Gasteiger partial charge in [0.1, 0.15) is 10.7 Å². The lowest BCUT2D eigenvalue weighted by atomic mass is 10.1. The molecule has 1 aromatic rings. The summed E-state index contributed by atoms with van der Waals surface area (Å²) < 4.78 is 0. The number of anilines is 2. The minimum atomic E-state index is -0.277. The van der Waals surface area contributed by atoms with Gasteiger partial charge in [0.2, 0.25) is 0 Å². The van der Waals surface area contributed by atoms with E-state index in [-0.39, 0.29) is 30.3 Å². The summed E-state index contributed by atoms with van der Waals surface area (Å²) in [5, 5.41) is 12.8. The average Bonchev–Trinajstić information content (AvgIpc) is 2.79. The Morgan fingerprint density at radius 3 is 2.50 bits per heavy atom. The fourth-order valence-corrected chi connectivity index (χ4v) is 2.79. The summed E-state index contributed by atoms with van der Waals surface area (Å²) in [6.45, 7) is 9.48. The lowest BCUT2D eigenvalue weighted by Gasteiger charge is -2.19. The Hall–Kier alpha value is -1.34. The Kier molecular flexibility index (Phi) is 6.22. The summed E-state index contributed by atoms with van der Waals surface area (Å²) in [5.74, 6) is 0.126. The van der Waals surface area contributed by atoms with Crippen molar-refractivity contribution >= 4 is 28.2 Å². The highest BCUT2D eigenvalue weighted by atomic mass is 32.1. The zero-order valence-corrected chi connectivity index (χ0v) is 13.3. The maximum atomic E-state index is 12.2. The second kappa shape index (κ2) is 7.44. The molecule has 114 valence electrons. The van der Waals surface area contributed by atoms with Crippen molar-refractivity contribution in [3.05, 3.63) is 4.88 Å². The third-order valence-electron chi connectivity index (χ3n) is 3.20. The number of hydrogen-bond donors (Lipinski definition) is 3. The molecule has 0 spiro atoms. The number of aromatic nitrogens is 1. The number of thiazole rings is 1. The number of aliphatic hydroxyl groups is 1. The molecule has 1 amide bonds. The Bertz CT molecular complexity index is 444. The minimum absolute atomic E-state index is 0.0922. The lowest BCUT2D eigenvalue weighted by molar-refractivity contribution is 0.0901. The highest BCUT2D eigenvalue weighted by Crippen LogP contribution is 2.28. The molecule has 0 aliphatic rings. The van der Waals surface area contributed by atoms with E-state index in [1.165, 1.54) is 11.3 Å². The largest absolute Gasteiger partial charge is 0.394 e. The molecular formula is C13H24N4O2S. The van der Waals surface area contributed by atoms with Crippen molar-refractivity contribution in [2.24, 2.45) is 5.92 Å². The monoisotopic (exact) mass is 300 g/mol. The van der Waals surface area contributed by atoms with E-state index in [9.17, 15) is 9.90 Å². The molecular weight excluding hydrogens is 276 g/mol. The van der Waals surface area contributed by atoms with E-state index in [0.29, 0.717) is 4.88 Å². The van der Waals surface area contributed by atoms with Crippen LogP contribution < -0.4 is 16.0 Å². The molecule has 0 saturated heterocycles. The Balaban J connectivity index is 2.88. The van der Waals surface area contributed by atoms with Gasteiger partial charge in [-0.25, -0.2) is 4.98 Å². The van der Waals surface area contributed by atoms with E-state index in [4.69, 9.17) is 5.73 Å². The molecule has 1 aromatic heterocycles. The summed E-state index contributed by atoms with van der Waals surface area (Å²) in [6, 6.07) is -0.277. The van der Waals surface area contributed by atoms with Crippen LogP contribution >= 0.6 is 11.3 Å². The van der Waals surface area contributed by atoms with Gasteiger partial charge in [-0.15, -0.1) is 0 Å². The molecule has 0 unspecified atom stereocenters. The Labute approximate surface area is 124 Å². The zero-order chi connectivity index (χ0) is 15.3. The average molecular weight is 300 g/mol. The molecule has 6 nitrogen and oxygen atoms in total. The van der Waals surface area contributed by atoms with Crippen molar-refractivity contribution in [3.8, 4) is 0 Å². The van der Waals surface area contributed by atoms with Gasteiger partial charge in [-0.1, -0.05) is 25.2 Å². The standard InChI is InChI=1S/C13H24N4O2S/c1-5-17(6-2)13-16-11(14)10(20-13)12(19)15-9(7-18)8(3)4/h8-9,18H,5-7,14H2,1-4H3,(H,15,19)/t9-/m1/s1. The number of aliphatic hydroxyl groups excluding tert-OH is 1. The lowest BCUT2D eigenvalue weighted by Crippen LogP contribution is -2.41. The molecule has 4 N–H and O–H groups in total. The Morgan fingerprint density at radius 1 is 1.45 bits per heavy atom. The number of hydrogen-bond acceptors (Lipinski definition) is 6. The topological polar surface area (TPSA) is 91.5 Å². The maximum Gasteiger partial charge on any atom is 0.265 e. The van der Waals surface area contributed by atoms with Crippen molar-refractivity contribution < 1.29 is 9.90 Å². The number of nitrogens with zero attached hydrogens (tertiary/aromatic N) is 2. The second-order valence-corrected chi connectivity index (χ2v) is 5.87. The van der Waals surface area contributed by atoms with Gasteiger partial charge in [0, 0.05) is 13.1 Å². The summed E-state index contributed by atoms with van der Waals surface area (Å²) in [4.78, 5) is 18.9. The number of nitrogen functional groups attached to an aromatic ring is 1. The van der Waals surface area contributed by atoms with E-state index in [1.807, 2.05) is 32.6 Å². The van der Waals surface area contributed by atoms with E-state index < -0.39 is 0 Å². The first-order chi connectivity index (χ1) is 9.44. The van der Waals surface area contributed by atoms with Crippen LogP contribution in [0.25, 0.3) is 0 Å². The number of amides is 1. The van der Waals surface area contributed by atoms with Crippen LogP contribution in [0.2, 0.25) is 0 Å². The van der Waals surface area contributed by atoms with Gasteiger partial charge in [0.05, 0.1) is 12.6 Å². The van der Waals surface area contributed by atoms with Crippen LogP contribution in [0.4, 0.5) is 10.9 Å². The quantitative estimate of drug-likeness (QED) is 0.706. The van der Waals surface area contributed by atoms with Crippen LogP contribution in [0.5, 0.6) is 0 Å². The van der Waals surface area contributed by atoms with E-state index in [0.717, 1.165) is 18.2 Å². The van der Waals surface area contributed by atoms with E-state index in [1.54, 1.807) is 0 Å². The predicted octanol–water partition coefficient (Wildman–Crippen LogP) is 1.32. The van der Waals surface area contributed by atoms with Crippen molar-refractivity contribution in [1.29, 1.82) is 0 Å². The van der Waals surface area contributed by atoms with Gasteiger partial charge in [0.15, 0.2) is 5.13 Å². The first-order valence-corrected chi connectivity index (χ1v) is 7.69. The summed E-state index contributed by atoms with van der Waals surface area (Å²) in [5.41, 5.74) is 5.83. The number of carbonyl (C=O) groups excluding carboxylic acids is 1. The number of rotatable bonds is 7. The predicted molar refractivity (Wildman–Crippen MR) is 83.3 cm³/mol. The van der Waals surface area contributed by atoms with Crippen LogP contribution in [0.15, 0.2) is 0 Å². The molecule has 0 aliphatic heterocycles. The molecule has 0 aliphatic carbocycles. The van der Waals surface area contributed by atoms with Gasteiger partial charge in [-0.05, 0) is 19.8 Å². The minimum Gasteiger partial charge on any atom is -0.394 e. The molecule has 0 fully saturated rings. The third kappa shape index (κ3) is 3.83. The normalized spacial score (nSPS) is 12.5. The third-order valence-corrected chi connectivity index (χ3v) is 4.33. The number of nitrogens with two attached hydrogens (primary N) is 1. The van der Waals surface area contributed by atoms with Crippen LogP contribution in [0.3, 0.4) is 0 Å². The van der Waals surface area contributed by atoms with E-state index in [2.05, 4.69) is 10.3 Å². The molecule has 20 heavy (non-hydrogen) atoms. The molecule has 0 aromatic carbocycles. The van der Waals surface area contributed by atoms with Crippen molar-refractivity contribution in [2.45, 2.75) is 33.7 Å². The smallest absolute Gasteiger partial charge is 0.265 e. The zero-order valence-electron chi connectivity index (χ0n) is 12.5. The number of nitrogens with one attached hydrogen (secondary N) is 1. The van der Waals surface area contributed by atoms with E-state index >= 15 is 0 Å². The fourth-order valence-electron chi connectivity index (χ4n) is 1.77. The molecule has 0 saturated carbocycles. The van der Waals surface area contributed by atoms with Gasteiger partial charge in [-0.3, -0.25) is 4.79 Å². The molecule has 1 rings (SSSR count). The van der Waals surface area contributed by atoms with Gasteiger partial charge < -0.3 is 21.1 Å². The van der Waals surface area contributed by atoms with Crippen molar-refractivity contribution in [3.63, 3.8) is 0 Å². The summed E-state index contributed by atoms with van der Waals surface area (Å²) in [6.07, 6.45) is 0. The number of carbonyl (C=O) groups is 1. The second-order valence-electron chi connectivity index (χ2n) is 4.89. The van der Waals surface area contributed by atoms with Gasteiger partial charge in [0.25, 0.3) is 5.91 Å². The van der Waals surface area contributed by atoms with Crippen molar-refractivity contribution in [2.75, 3.05) is 30.3 Å². The first-order valence-electron chi connectivity index (χ1n) is 6.87.